The summed E-state index contributed by atoms with van der Waals surface area (Å²) in [5, 5.41) is 12.6. The molecule has 6 heteroatoms. The van der Waals surface area contributed by atoms with Gasteiger partial charge in [0.25, 0.3) is 5.91 Å². The van der Waals surface area contributed by atoms with E-state index in [1.54, 1.807) is 24.3 Å². The highest BCUT2D eigenvalue weighted by Gasteiger charge is 2.23. The normalized spacial score (nSPS) is 16.9. The first-order valence-corrected chi connectivity index (χ1v) is 9.34. The zero-order chi connectivity index (χ0) is 18.5. The maximum Gasteiger partial charge on any atom is 0.264 e. The van der Waals surface area contributed by atoms with Crippen molar-refractivity contribution in [2.24, 2.45) is 4.99 Å². The van der Waals surface area contributed by atoms with Crippen LogP contribution in [-0.4, -0.2) is 29.3 Å². The number of aromatic hydroxyl groups is 1. The van der Waals surface area contributed by atoms with Crippen LogP contribution in [-0.2, 0) is 4.79 Å². The minimum absolute atomic E-state index is 0.152. The van der Waals surface area contributed by atoms with Crippen molar-refractivity contribution in [3.8, 4) is 5.75 Å². The molecule has 0 spiro atoms. The first-order chi connectivity index (χ1) is 12.6. The van der Waals surface area contributed by atoms with E-state index in [0.717, 1.165) is 18.7 Å². The molecule has 2 N–H and O–H groups in total. The number of carbonyl (C=O) groups is 1. The van der Waals surface area contributed by atoms with Gasteiger partial charge >= 0.3 is 0 Å². The number of aliphatic imine (C=N–C) groups is 1. The van der Waals surface area contributed by atoms with E-state index >= 15 is 0 Å². The summed E-state index contributed by atoms with van der Waals surface area (Å²) in [6.07, 6.45) is 1.87. The van der Waals surface area contributed by atoms with Crippen molar-refractivity contribution < 1.29 is 9.90 Å². The van der Waals surface area contributed by atoms with Crippen LogP contribution in [0.1, 0.15) is 19.4 Å². The van der Waals surface area contributed by atoms with Crippen LogP contribution in [0.3, 0.4) is 0 Å². The van der Waals surface area contributed by atoms with Gasteiger partial charge in [0, 0.05) is 18.8 Å². The number of hydrogen-bond donors (Lipinski definition) is 2. The van der Waals surface area contributed by atoms with Gasteiger partial charge in [0.05, 0.1) is 10.6 Å². The Morgan fingerprint density at radius 1 is 1.08 bits per heavy atom. The van der Waals surface area contributed by atoms with E-state index in [4.69, 9.17) is 0 Å². The van der Waals surface area contributed by atoms with Gasteiger partial charge in [-0.25, -0.2) is 4.99 Å². The number of benzene rings is 2. The van der Waals surface area contributed by atoms with Crippen LogP contribution in [0.25, 0.3) is 6.08 Å². The second-order valence-electron chi connectivity index (χ2n) is 5.76. The number of phenolic OH excluding ortho intramolecular Hbond substituents is 1. The summed E-state index contributed by atoms with van der Waals surface area (Å²) in [6, 6.07) is 14.7. The topological polar surface area (TPSA) is 64.9 Å². The summed E-state index contributed by atoms with van der Waals surface area (Å²) in [5.41, 5.74) is 2.83. The van der Waals surface area contributed by atoms with Gasteiger partial charge in [-0.05, 0) is 73.6 Å². The Balaban J connectivity index is 1.75. The Kier molecular flexibility index (Phi) is 5.63. The average molecular weight is 367 g/mol. The molecular formula is C20H21N3O2S. The van der Waals surface area contributed by atoms with Crippen LogP contribution in [0.2, 0.25) is 0 Å². The lowest BCUT2D eigenvalue weighted by Gasteiger charge is -2.20. The Bertz CT molecular complexity index is 838. The largest absolute Gasteiger partial charge is 0.508 e. The molecule has 0 saturated carbocycles. The van der Waals surface area contributed by atoms with Crippen LogP contribution in [0.15, 0.2) is 58.4 Å². The number of amides is 1. The predicted molar refractivity (Wildman–Crippen MR) is 109 cm³/mol. The third-order valence-electron chi connectivity index (χ3n) is 4.05. The number of rotatable bonds is 5. The molecule has 134 valence electrons. The van der Waals surface area contributed by atoms with Crippen molar-refractivity contribution in [3.63, 3.8) is 0 Å². The highest BCUT2D eigenvalue weighted by molar-refractivity contribution is 8.18. The van der Waals surface area contributed by atoms with Crippen LogP contribution in [0.4, 0.5) is 11.4 Å². The summed E-state index contributed by atoms with van der Waals surface area (Å²) in [5.74, 6) is 0.0335. The molecule has 1 aliphatic rings. The molecule has 3 rings (SSSR count). The number of hydrogen-bond acceptors (Lipinski definition) is 5. The second-order valence-corrected chi connectivity index (χ2v) is 6.79. The fourth-order valence-electron chi connectivity index (χ4n) is 2.65. The molecule has 0 aliphatic carbocycles. The number of phenols is 1. The van der Waals surface area contributed by atoms with Crippen molar-refractivity contribution in [2.45, 2.75) is 13.8 Å². The van der Waals surface area contributed by atoms with Gasteiger partial charge in [0.1, 0.15) is 5.75 Å². The Morgan fingerprint density at radius 2 is 1.73 bits per heavy atom. The lowest BCUT2D eigenvalue weighted by Crippen LogP contribution is -2.21. The second kappa shape index (κ2) is 8.10. The molecular weight excluding hydrogens is 346 g/mol. The molecule has 0 atom stereocenters. The van der Waals surface area contributed by atoms with E-state index in [1.165, 1.54) is 17.4 Å². The summed E-state index contributed by atoms with van der Waals surface area (Å²) in [6.45, 7) is 6.19. The van der Waals surface area contributed by atoms with E-state index in [2.05, 4.69) is 41.2 Å². The maximum absolute atomic E-state index is 12.2. The van der Waals surface area contributed by atoms with Crippen LogP contribution in [0.5, 0.6) is 5.75 Å². The van der Waals surface area contributed by atoms with Crippen LogP contribution in [0, 0.1) is 0 Å². The maximum atomic E-state index is 12.2. The molecule has 0 unspecified atom stereocenters. The van der Waals surface area contributed by atoms with E-state index in [-0.39, 0.29) is 11.7 Å². The molecule has 1 amide bonds. The molecule has 0 radical (unpaired) electrons. The monoisotopic (exact) mass is 367 g/mol. The van der Waals surface area contributed by atoms with E-state index in [9.17, 15) is 9.90 Å². The molecule has 5 nitrogen and oxygen atoms in total. The summed E-state index contributed by atoms with van der Waals surface area (Å²) < 4.78 is 0. The van der Waals surface area contributed by atoms with E-state index in [0.29, 0.717) is 15.8 Å². The fraction of sp³-hybridized carbons (Fsp3) is 0.200. The quantitative estimate of drug-likeness (QED) is 0.780. The molecule has 1 fully saturated rings. The van der Waals surface area contributed by atoms with Gasteiger partial charge < -0.3 is 15.3 Å². The third kappa shape index (κ3) is 4.26. The molecule has 1 heterocycles. The van der Waals surface area contributed by atoms with Crippen LogP contribution >= 0.6 is 11.8 Å². The minimum Gasteiger partial charge on any atom is -0.508 e. The molecule has 0 aromatic heterocycles. The SMILES string of the molecule is CCN(CC)c1ccc(/C=C2/SC(=Nc3ccc(O)cc3)NC2=O)cc1. The fourth-order valence-corrected chi connectivity index (χ4v) is 3.49. The highest BCUT2D eigenvalue weighted by atomic mass is 32.2. The number of nitrogens with zero attached hydrogens (tertiary/aromatic N) is 2. The Labute approximate surface area is 157 Å². The van der Waals surface area contributed by atoms with Crippen molar-refractivity contribution in [1.29, 1.82) is 0 Å². The number of amidine groups is 1. The lowest BCUT2D eigenvalue weighted by atomic mass is 10.2. The molecule has 2 aromatic carbocycles. The third-order valence-corrected chi connectivity index (χ3v) is 4.96. The number of anilines is 1. The van der Waals surface area contributed by atoms with Crippen molar-refractivity contribution in [2.75, 3.05) is 18.0 Å². The predicted octanol–water partition coefficient (Wildman–Crippen LogP) is 4.13. The van der Waals surface area contributed by atoms with E-state index in [1.807, 2.05) is 18.2 Å². The van der Waals surface area contributed by atoms with Crippen molar-refractivity contribution >= 4 is 40.3 Å². The van der Waals surface area contributed by atoms with Crippen molar-refractivity contribution in [1.82, 2.24) is 5.32 Å². The van der Waals surface area contributed by atoms with Crippen LogP contribution < -0.4 is 10.2 Å². The smallest absolute Gasteiger partial charge is 0.264 e. The summed E-state index contributed by atoms with van der Waals surface area (Å²) in [4.78, 5) is 19.4. The zero-order valence-electron chi connectivity index (χ0n) is 14.8. The minimum atomic E-state index is -0.152. The van der Waals surface area contributed by atoms with Gasteiger partial charge in [-0.15, -0.1) is 0 Å². The summed E-state index contributed by atoms with van der Waals surface area (Å²) >= 11 is 1.31. The molecule has 1 aliphatic heterocycles. The number of thioether (sulfide) groups is 1. The molecule has 26 heavy (non-hydrogen) atoms. The van der Waals surface area contributed by atoms with Gasteiger partial charge in [-0.3, -0.25) is 4.79 Å². The zero-order valence-corrected chi connectivity index (χ0v) is 15.6. The first-order valence-electron chi connectivity index (χ1n) is 8.52. The summed E-state index contributed by atoms with van der Waals surface area (Å²) in [7, 11) is 0. The standard InChI is InChI=1S/C20H21N3O2S/c1-3-23(4-2)16-9-5-14(6-10-16)13-18-19(25)22-20(26-18)21-15-7-11-17(24)12-8-15/h5-13,24H,3-4H2,1-2H3,(H,21,22,25)/b18-13+. The Hall–Kier alpha value is -2.73. The molecule has 0 bridgehead atoms. The van der Waals surface area contributed by atoms with Gasteiger partial charge in [0.15, 0.2) is 5.17 Å². The number of nitrogens with one attached hydrogen (secondary N) is 1. The lowest BCUT2D eigenvalue weighted by molar-refractivity contribution is -0.115. The Morgan fingerprint density at radius 3 is 2.35 bits per heavy atom. The van der Waals surface area contributed by atoms with Gasteiger partial charge in [-0.1, -0.05) is 12.1 Å². The molecule has 2 aromatic rings. The van der Waals surface area contributed by atoms with Gasteiger partial charge in [0.2, 0.25) is 0 Å². The van der Waals surface area contributed by atoms with Crippen molar-refractivity contribution in [3.05, 3.63) is 59.0 Å². The molecule has 1 saturated heterocycles. The van der Waals surface area contributed by atoms with E-state index < -0.39 is 0 Å². The first kappa shape index (κ1) is 18.1. The van der Waals surface area contributed by atoms with Gasteiger partial charge in [-0.2, -0.15) is 0 Å². The highest BCUT2D eigenvalue weighted by Crippen LogP contribution is 2.29. The average Bonchev–Trinajstić information content (AvgIpc) is 2.98. The number of carbonyl (C=O) groups excluding carboxylic acids is 1.